The average molecular weight is 264 g/mol. The Hall–Kier alpha value is -1.36. The Kier molecular flexibility index (Phi) is 4.58. The number of carbonyl (C=O) groups excluding carboxylic acids is 1. The minimum absolute atomic E-state index is 0.0470. The van der Waals surface area contributed by atoms with E-state index in [0.29, 0.717) is 18.6 Å². The molecule has 1 aromatic rings. The van der Waals surface area contributed by atoms with Crippen molar-refractivity contribution in [1.82, 2.24) is 20.2 Å². The Morgan fingerprint density at radius 2 is 2.21 bits per heavy atom. The van der Waals surface area contributed by atoms with Crippen LogP contribution in [0.4, 0.5) is 0 Å². The summed E-state index contributed by atoms with van der Waals surface area (Å²) in [5.41, 5.74) is 1.05. The Labute approximate surface area is 114 Å². The second kappa shape index (κ2) is 6.19. The first kappa shape index (κ1) is 14.1. The summed E-state index contributed by atoms with van der Waals surface area (Å²) < 4.78 is 0. The van der Waals surface area contributed by atoms with Crippen molar-refractivity contribution in [1.29, 1.82) is 0 Å². The molecule has 0 bridgehead atoms. The molecule has 0 radical (unpaired) electrons. The second-order valence-electron chi connectivity index (χ2n) is 5.52. The van der Waals surface area contributed by atoms with Crippen LogP contribution in [0.25, 0.3) is 0 Å². The molecular formula is C14H24N4O. The molecule has 1 amide bonds. The molecule has 1 aromatic heterocycles. The summed E-state index contributed by atoms with van der Waals surface area (Å²) in [5.74, 6) is 0.125. The molecule has 5 heteroatoms. The van der Waals surface area contributed by atoms with Crippen LogP contribution in [0.5, 0.6) is 0 Å². The number of imidazole rings is 1. The van der Waals surface area contributed by atoms with E-state index in [4.69, 9.17) is 0 Å². The lowest BCUT2D eigenvalue weighted by molar-refractivity contribution is -0.126. The molecular weight excluding hydrogens is 240 g/mol. The van der Waals surface area contributed by atoms with Crippen molar-refractivity contribution in [3.05, 3.63) is 18.2 Å². The van der Waals surface area contributed by atoms with Gasteiger partial charge in [-0.05, 0) is 33.6 Å². The second-order valence-corrected chi connectivity index (χ2v) is 5.52. The van der Waals surface area contributed by atoms with Gasteiger partial charge in [0.2, 0.25) is 5.91 Å². The number of nitrogens with zero attached hydrogens (tertiary/aromatic N) is 2. The van der Waals surface area contributed by atoms with Crippen molar-refractivity contribution < 1.29 is 4.79 Å². The molecule has 1 aliphatic rings. The van der Waals surface area contributed by atoms with E-state index < -0.39 is 0 Å². The topological polar surface area (TPSA) is 61.0 Å². The molecule has 1 saturated heterocycles. The largest absolute Gasteiger partial charge is 0.354 e. The zero-order valence-electron chi connectivity index (χ0n) is 12.0. The molecule has 2 N–H and O–H groups in total. The average Bonchev–Trinajstić information content (AvgIpc) is 2.99. The molecule has 19 heavy (non-hydrogen) atoms. The van der Waals surface area contributed by atoms with E-state index in [9.17, 15) is 4.79 Å². The fraction of sp³-hybridized carbons (Fsp3) is 0.714. The minimum Gasteiger partial charge on any atom is -0.354 e. The summed E-state index contributed by atoms with van der Waals surface area (Å²) in [5, 5.41) is 3.01. The van der Waals surface area contributed by atoms with E-state index in [1.165, 1.54) is 12.8 Å². The fourth-order valence-electron chi connectivity index (χ4n) is 3.00. The highest BCUT2D eigenvalue weighted by Crippen LogP contribution is 2.25. The van der Waals surface area contributed by atoms with Gasteiger partial charge in [-0.1, -0.05) is 0 Å². The Morgan fingerprint density at radius 1 is 1.53 bits per heavy atom. The molecule has 0 saturated carbocycles. The molecule has 106 valence electrons. The predicted octanol–water partition coefficient (Wildman–Crippen LogP) is 1.33. The molecule has 3 unspecified atom stereocenters. The minimum atomic E-state index is -0.0470. The van der Waals surface area contributed by atoms with Gasteiger partial charge in [-0.15, -0.1) is 0 Å². The van der Waals surface area contributed by atoms with Crippen LogP contribution in [0.3, 0.4) is 0 Å². The van der Waals surface area contributed by atoms with Crippen LogP contribution < -0.4 is 5.32 Å². The normalized spacial score (nSPS) is 25.4. The van der Waals surface area contributed by atoms with E-state index in [2.05, 4.69) is 34.0 Å². The first-order valence-electron chi connectivity index (χ1n) is 7.12. The number of nitrogens with one attached hydrogen (secondary N) is 2. The highest BCUT2D eigenvalue weighted by molar-refractivity contribution is 5.81. The number of hydrogen-bond donors (Lipinski definition) is 2. The third-order valence-electron chi connectivity index (χ3n) is 4.10. The molecule has 2 heterocycles. The molecule has 2 rings (SSSR count). The summed E-state index contributed by atoms with van der Waals surface area (Å²) in [6.45, 7) is 7.07. The van der Waals surface area contributed by atoms with Gasteiger partial charge in [-0.2, -0.15) is 0 Å². The summed E-state index contributed by atoms with van der Waals surface area (Å²) in [6, 6.07) is 0.959. The number of aromatic amines is 1. The third kappa shape index (κ3) is 3.35. The van der Waals surface area contributed by atoms with Gasteiger partial charge in [0.1, 0.15) is 0 Å². The molecule has 0 aliphatic carbocycles. The van der Waals surface area contributed by atoms with Gasteiger partial charge >= 0.3 is 0 Å². The van der Waals surface area contributed by atoms with Crippen LogP contribution in [-0.2, 0) is 11.2 Å². The van der Waals surface area contributed by atoms with Crippen molar-refractivity contribution in [2.45, 2.75) is 58.2 Å². The van der Waals surface area contributed by atoms with Gasteiger partial charge in [-0.25, -0.2) is 4.98 Å². The number of carbonyl (C=O) groups is 1. The summed E-state index contributed by atoms with van der Waals surface area (Å²) in [6.07, 6.45) is 6.62. The lowest BCUT2D eigenvalue weighted by Crippen LogP contribution is -2.49. The van der Waals surface area contributed by atoms with Crippen molar-refractivity contribution in [3.63, 3.8) is 0 Å². The quantitative estimate of drug-likeness (QED) is 0.843. The molecule has 0 aromatic carbocycles. The van der Waals surface area contributed by atoms with E-state index in [1.807, 2.05) is 6.92 Å². The summed E-state index contributed by atoms with van der Waals surface area (Å²) >= 11 is 0. The van der Waals surface area contributed by atoms with Crippen molar-refractivity contribution in [3.8, 4) is 0 Å². The van der Waals surface area contributed by atoms with E-state index in [1.54, 1.807) is 12.5 Å². The highest BCUT2D eigenvalue weighted by Gasteiger charge is 2.33. The number of H-pyrrole nitrogens is 1. The molecule has 5 nitrogen and oxygen atoms in total. The van der Waals surface area contributed by atoms with E-state index >= 15 is 0 Å². The van der Waals surface area contributed by atoms with Crippen LogP contribution in [0.15, 0.2) is 12.5 Å². The van der Waals surface area contributed by atoms with Gasteiger partial charge < -0.3 is 10.3 Å². The van der Waals surface area contributed by atoms with Crippen LogP contribution in [0.2, 0.25) is 0 Å². The van der Waals surface area contributed by atoms with Crippen LogP contribution in [0, 0.1) is 0 Å². The zero-order chi connectivity index (χ0) is 13.8. The van der Waals surface area contributed by atoms with Gasteiger partial charge in [0, 0.05) is 36.9 Å². The van der Waals surface area contributed by atoms with Crippen molar-refractivity contribution >= 4 is 5.91 Å². The molecule has 1 aliphatic heterocycles. The lowest BCUT2D eigenvalue weighted by atomic mass is 10.2. The molecule has 3 atom stereocenters. The summed E-state index contributed by atoms with van der Waals surface area (Å²) in [7, 11) is 0. The predicted molar refractivity (Wildman–Crippen MR) is 74.8 cm³/mol. The van der Waals surface area contributed by atoms with Gasteiger partial charge in [0.15, 0.2) is 0 Å². The first-order valence-corrected chi connectivity index (χ1v) is 7.12. The lowest BCUT2D eigenvalue weighted by Gasteiger charge is -2.31. The van der Waals surface area contributed by atoms with Crippen molar-refractivity contribution in [2.24, 2.45) is 0 Å². The number of hydrogen-bond acceptors (Lipinski definition) is 3. The SMILES string of the molecule is CC1CCC(C)N1C(C)C(=O)NCCc1cnc[nH]1. The summed E-state index contributed by atoms with van der Waals surface area (Å²) in [4.78, 5) is 21.5. The maximum atomic E-state index is 12.2. The molecule has 1 fully saturated rings. The van der Waals surface area contributed by atoms with Crippen LogP contribution in [-0.4, -0.2) is 45.4 Å². The van der Waals surface area contributed by atoms with Gasteiger partial charge in [0.05, 0.1) is 12.4 Å². The monoisotopic (exact) mass is 264 g/mol. The van der Waals surface area contributed by atoms with E-state index in [0.717, 1.165) is 12.1 Å². The van der Waals surface area contributed by atoms with Crippen LogP contribution in [0.1, 0.15) is 39.3 Å². The molecule has 0 spiro atoms. The third-order valence-corrected chi connectivity index (χ3v) is 4.10. The Morgan fingerprint density at radius 3 is 2.79 bits per heavy atom. The van der Waals surface area contributed by atoms with E-state index in [-0.39, 0.29) is 11.9 Å². The number of amides is 1. The number of aromatic nitrogens is 2. The van der Waals surface area contributed by atoms with Crippen LogP contribution >= 0.6 is 0 Å². The number of rotatable bonds is 5. The Bertz CT molecular complexity index is 394. The highest BCUT2D eigenvalue weighted by atomic mass is 16.2. The van der Waals surface area contributed by atoms with Gasteiger partial charge in [0.25, 0.3) is 0 Å². The number of likely N-dealkylation sites (tertiary alicyclic amines) is 1. The smallest absolute Gasteiger partial charge is 0.237 e. The van der Waals surface area contributed by atoms with Crippen molar-refractivity contribution in [2.75, 3.05) is 6.54 Å². The standard InChI is InChI=1S/C14H24N4O/c1-10-4-5-11(2)18(10)12(3)14(19)16-7-6-13-8-15-9-17-13/h8-12H,4-7H2,1-3H3,(H,15,17)(H,16,19). The maximum Gasteiger partial charge on any atom is 0.237 e. The maximum absolute atomic E-state index is 12.2. The fourth-order valence-corrected chi connectivity index (χ4v) is 3.00. The zero-order valence-corrected chi connectivity index (χ0v) is 12.0. The van der Waals surface area contributed by atoms with Gasteiger partial charge in [-0.3, -0.25) is 9.69 Å². The first-order chi connectivity index (χ1) is 9.09. The Balaban J connectivity index is 1.79.